The molecule has 2 atom stereocenters. The summed E-state index contributed by atoms with van der Waals surface area (Å²) in [7, 11) is 0. The van der Waals surface area contributed by atoms with Crippen LogP contribution in [0.4, 0.5) is 0 Å². The van der Waals surface area contributed by atoms with E-state index >= 15 is 0 Å². The molecular formula is C14H30N2. The third kappa shape index (κ3) is 5.86. The Kier molecular flexibility index (Phi) is 6.37. The summed E-state index contributed by atoms with van der Waals surface area (Å²) in [4.78, 5) is 0. The molecule has 0 radical (unpaired) electrons. The summed E-state index contributed by atoms with van der Waals surface area (Å²) in [5, 5.41) is 3.59. The van der Waals surface area contributed by atoms with Gasteiger partial charge in [0.1, 0.15) is 0 Å². The van der Waals surface area contributed by atoms with Crippen LogP contribution in [0.2, 0.25) is 0 Å². The molecule has 2 nitrogen and oxygen atoms in total. The summed E-state index contributed by atoms with van der Waals surface area (Å²) in [6.45, 7) is 10.1. The fourth-order valence-electron chi connectivity index (χ4n) is 2.47. The zero-order valence-electron chi connectivity index (χ0n) is 11.3. The van der Waals surface area contributed by atoms with E-state index in [-0.39, 0.29) is 0 Å². The van der Waals surface area contributed by atoms with Crippen LogP contribution in [0.15, 0.2) is 0 Å². The van der Waals surface area contributed by atoms with E-state index in [2.05, 4.69) is 26.1 Å². The standard InChI is InChI=1S/C14H30N2/c1-11(2)8-13(9-15)6-7-16-10-12(3)14-4-5-14/h11-14,16H,4-10,15H2,1-3H3. The minimum absolute atomic E-state index is 0.712. The van der Waals surface area contributed by atoms with Crippen LogP contribution in [0.1, 0.15) is 46.5 Å². The van der Waals surface area contributed by atoms with Gasteiger partial charge in [-0.2, -0.15) is 0 Å². The average Bonchev–Trinajstić information content (AvgIpc) is 3.05. The van der Waals surface area contributed by atoms with Crippen molar-refractivity contribution >= 4 is 0 Å². The number of hydrogen-bond donors (Lipinski definition) is 2. The summed E-state index contributed by atoms with van der Waals surface area (Å²) in [5.74, 6) is 3.39. The predicted molar refractivity (Wildman–Crippen MR) is 71.4 cm³/mol. The van der Waals surface area contributed by atoms with Crippen LogP contribution in [0, 0.1) is 23.7 Å². The van der Waals surface area contributed by atoms with Gasteiger partial charge in [0.2, 0.25) is 0 Å². The van der Waals surface area contributed by atoms with Crippen molar-refractivity contribution in [2.75, 3.05) is 19.6 Å². The summed E-state index contributed by atoms with van der Waals surface area (Å²) in [5.41, 5.74) is 5.79. The van der Waals surface area contributed by atoms with Crippen LogP contribution in [0.25, 0.3) is 0 Å². The molecule has 0 aromatic heterocycles. The molecule has 2 heteroatoms. The van der Waals surface area contributed by atoms with Crippen molar-refractivity contribution in [3.05, 3.63) is 0 Å². The molecule has 3 N–H and O–H groups in total. The topological polar surface area (TPSA) is 38.0 Å². The van der Waals surface area contributed by atoms with Crippen molar-refractivity contribution in [2.45, 2.75) is 46.5 Å². The van der Waals surface area contributed by atoms with Crippen LogP contribution in [0.3, 0.4) is 0 Å². The van der Waals surface area contributed by atoms with Crippen LogP contribution >= 0.6 is 0 Å². The van der Waals surface area contributed by atoms with Gasteiger partial charge in [-0.25, -0.2) is 0 Å². The number of hydrogen-bond acceptors (Lipinski definition) is 2. The molecule has 1 rings (SSSR count). The summed E-state index contributed by atoms with van der Waals surface area (Å²) in [6.07, 6.45) is 5.44. The van der Waals surface area contributed by atoms with Gasteiger partial charge in [0.25, 0.3) is 0 Å². The highest BCUT2D eigenvalue weighted by molar-refractivity contribution is 4.79. The highest BCUT2D eigenvalue weighted by Gasteiger charge is 2.27. The largest absolute Gasteiger partial charge is 0.330 e. The van der Waals surface area contributed by atoms with Crippen molar-refractivity contribution in [1.82, 2.24) is 5.32 Å². The first-order chi connectivity index (χ1) is 7.63. The van der Waals surface area contributed by atoms with Crippen molar-refractivity contribution in [3.63, 3.8) is 0 Å². The number of rotatable bonds is 9. The SMILES string of the molecule is CC(C)CC(CN)CCNCC(C)C1CC1. The van der Waals surface area contributed by atoms with Gasteiger partial charge in [0.05, 0.1) is 0 Å². The van der Waals surface area contributed by atoms with Gasteiger partial charge in [0, 0.05) is 0 Å². The lowest BCUT2D eigenvalue weighted by atomic mass is 9.94. The van der Waals surface area contributed by atoms with Gasteiger partial charge >= 0.3 is 0 Å². The van der Waals surface area contributed by atoms with Gasteiger partial charge in [-0.3, -0.25) is 0 Å². The Morgan fingerprint density at radius 3 is 2.44 bits per heavy atom. The van der Waals surface area contributed by atoms with E-state index in [4.69, 9.17) is 5.73 Å². The van der Waals surface area contributed by atoms with Crippen LogP contribution < -0.4 is 11.1 Å². The molecule has 0 spiro atoms. The lowest BCUT2D eigenvalue weighted by Gasteiger charge is -2.18. The average molecular weight is 226 g/mol. The summed E-state index contributed by atoms with van der Waals surface area (Å²) in [6, 6.07) is 0. The van der Waals surface area contributed by atoms with Crippen LogP contribution in [0.5, 0.6) is 0 Å². The first-order valence-corrected chi connectivity index (χ1v) is 7.04. The molecule has 0 aliphatic heterocycles. The number of nitrogens with two attached hydrogens (primary N) is 1. The summed E-state index contributed by atoms with van der Waals surface area (Å²) >= 11 is 0. The van der Waals surface area contributed by atoms with Crippen LogP contribution in [-0.4, -0.2) is 19.6 Å². The summed E-state index contributed by atoms with van der Waals surface area (Å²) < 4.78 is 0. The minimum atomic E-state index is 0.712. The molecule has 0 amide bonds. The Hall–Kier alpha value is -0.0800. The molecule has 1 aliphatic carbocycles. The van der Waals surface area contributed by atoms with Gasteiger partial charge in [-0.1, -0.05) is 20.8 Å². The first kappa shape index (κ1) is 14.0. The molecule has 0 heterocycles. The molecule has 0 saturated heterocycles. The van der Waals surface area contributed by atoms with Gasteiger partial charge < -0.3 is 11.1 Å². The lowest BCUT2D eigenvalue weighted by molar-refractivity contribution is 0.374. The molecule has 1 aliphatic rings. The molecule has 0 aromatic rings. The fourth-order valence-corrected chi connectivity index (χ4v) is 2.47. The van der Waals surface area contributed by atoms with E-state index in [1.807, 2.05) is 0 Å². The maximum Gasteiger partial charge on any atom is -0.00205 e. The van der Waals surface area contributed by atoms with Gasteiger partial charge in [-0.05, 0) is 69.0 Å². The molecule has 96 valence electrons. The molecule has 16 heavy (non-hydrogen) atoms. The first-order valence-electron chi connectivity index (χ1n) is 7.04. The van der Waals surface area contributed by atoms with E-state index in [0.29, 0.717) is 5.92 Å². The van der Waals surface area contributed by atoms with E-state index in [1.165, 1.54) is 32.2 Å². The second-order valence-electron chi connectivity index (χ2n) is 6.04. The zero-order valence-corrected chi connectivity index (χ0v) is 11.3. The second-order valence-corrected chi connectivity index (χ2v) is 6.04. The quantitative estimate of drug-likeness (QED) is 0.593. The Balaban J connectivity index is 1.99. The molecule has 1 fully saturated rings. The lowest BCUT2D eigenvalue weighted by Crippen LogP contribution is -2.27. The Morgan fingerprint density at radius 1 is 1.25 bits per heavy atom. The van der Waals surface area contributed by atoms with E-state index in [0.717, 1.165) is 30.8 Å². The predicted octanol–water partition coefficient (Wildman–Crippen LogP) is 2.63. The van der Waals surface area contributed by atoms with E-state index in [9.17, 15) is 0 Å². The van der Waals surface area contributed by atoms with Crippen molar-refractivity contribution in [3.8, 4) is 0 Å². The van der Waals surface area contributed by atoms with E-state index in [1.54, 1.807) is 0 Å². The molecule has 0 bridgehead atoms. The Labute approximate surface area is 101 Å². The van der Waals surface area contributed by atoms with Gasteiger partial charge in [-0.15, -0.1) is 0 Å². The number of nitrogens with one attached hydrogen (secondary N) is 1. The second kappa shape index (κ2) is 7.29. The highest BCUT2D eigenvalue weighted by atomic mass is 14.9. The minimum Gasteiger partial charge on any atom is -0.330 e. The monoisotopic (exact) mass is 226 g/mol. The van der Waals surface area contributed by atoms with E-state index < -0.39 is 0 Å². The maximum absolute atomic E-state index is 5.79. The third-order valence-electron chi connectivity index (χ3n) is 3.76. The maximum atomic E-state index is 5.79. The van der Waals surface area contributed by atoms with Crippen molar-refractivity contribution in [1.29, 1.82) is 0 Å². The fraction of sp³-hybridized carbons (Fsp3) is 1.00. The Bertz CT molecular complexity index is 176. The van der Waals surface area contributed by atoms with Crippen molar-refractivity contribution in [2.24, 2.45) is 29.4 Å². The smallest absolute Gasteiger partial charge is 0.00205 e. The molecule has 1 saturated carbocycles. The Morgan fingerprint density at radius 2 is 1.94 bits per heavy atom. The molecule has 0 aromatic carbocycles. The van der Waals surface area contributed by atoms with Crippen molar-refractivity contribution < 1.29 is 0 Å². The molecule has 2 unspecified atom stereocenters. The highest BCUT2D eigenvalue weighted by Crippen LogP contribution is 2.36. The normalized spacial score (nSPS) is 20.1. The zero-order chi connectivity index (χ0) is 12.0. The third-order valence-corrected chi connectivity index (χ3v) is 3.76. The molecular weight excluding hydrogens is 196 g/mol. The van der Waals surface area contributed by atoms with Gasteiger partial charge in [0.15, 0.2) is 0 Å². The van der Waals surface area contributed by atoms with Crippen LogP contribution in [-0.2, 0) is 0 Å².